The van der Waals surface area contributed by atoms with Crippen LogP contribution in [0.4, 0.5) is 11.8 Å². The molecule has 110 valence electrons. The summed E-state index contributed by atoms with van der Waals surface area (Å²) in [6.07, 6.45) is 2.14. The van der Waals surface area contributed by atoms with Gasteiger partial charge in [-0.25, -0.2) is 19.9 Å². The number of anilines is 2. The van der Waals surface area contributed by atoms with Crippen molar-refractivity contribution in [1.29, 1.82) is 0 Å². The number of nitrogen functional groups attached to an aromatic ring is 1. The number of nitrogens with zero attached hydrogens (tertiary/aromatic N) is 5. The molecule has 3 heterocycles. The maximum absolute atomic E-state index is 5.86. The minimum atomic E-state index is 0.176. The average Bonchev–Trinajstić information content (AvgIpc) is 2.85. The molecular formula is C15H20N6. The highest BCUT2D eigenvalue weighted by Gasteiger charge is 2.29. The zero-order valence-corrected chi connectivity index (χ0v) is 12.7. The molecular weight excluding hydrogens is 264 g/mol. The van der Waals surface area contributed by atoms with Crippen LogP contribution in [0.5, 0.6) is 0 Å². The first-order valence-electron chi connectivity index (χ1n) is 7.23. The maximum Gasteiger partial charge on any atom is 0.226 e. The highest BCUT2D eigenvalue weighted by Crippen LogP contribution is 2.34. The summed E-state index contributed by atoms with van der Waals surface area (Å²) in [5.41, 5.74) is 8.79. The molecule has 3 rings (SSSR count). The molecule has 6 heteroatoms. The molecule has 0 aliphatic carbocycles. The van der Waals surface area contributed by atoms with Gasteiger partial charge < -0.3 is 10.6 Å². The van der Waals surface area contributed by atoms with Crippen LogP contribution in [0.15, 0.2) is 12.1 Å². The lowest BCUT2D eigenvalue weighted by molar-refractivity contribution is 0.671. The molecule has 2 aromatic rings. The number of aryl methyl sites for hydroxylation is 3. The van der Waals surface area contributed by atoms with Gasteiger partial charge in [0.15, 0.2) is 0 Å². The van der Waals surface area contributed by atoms with Crippen molar-refractivity contribution in [3.63, 3.8) is 0 Å². The van der Waals surface area contributed by atoms with E-state index < -0.39 is 0 Å². The normalized spacial score (nSPS) is 18.2. The van der Waals surface area contributed by atoms with Crippen molar-refractivity contribution in [2.45, 2.75) is 39.7 Å². The summed E-state index contributed by atoms with van der Waals surface area (Å²) in [7, 11) is 0. The number of rotatable bonds is 2. The van der Waals surface area contributed by atoms with Gasteiger partial charge in [-0.3, -0.25) is 0 Å². The molecule has 1 fully saturated rings. The van der Waals surface area contributed by atoms with Gasteiger partial charge >= 0.3 is 0 Å². The smallest absolute Gasteiger partial charge is 0.226 e. The van der Waals surface area contributed by atoms with Gasteiger partial charge in [0.05, 0.1) is 11.7 Å². The molecule has 1 saturated heterocycles. The lowest BCUT2D eigenvalue weighted by atomic mass is 10.1. The van der Waals surface area contributed by atoms with Gasteiger partial charge in [-0.05, 0) is 39.7 Å². The van der Waals surface area contributed by atoms with Crippen molar-refractivity contribution in [3.8, 4) is 0 Å². The second kappa shape index (κ2) is 5.27. The summed E-state index contributed by atoms with van der Waals surface area (Å²) in [6.45, 7) is 6.80. The molecule has 1 aliphatic rings. The van der Waals surface area contributed by atoms with Crippen LogP contribution in [-0.4, -0.2) is 26.5 Å². The highest BCUT2D eigenvalue weighted by atomic mass is 15.3. The van der Waals surface area contributed by atoms with E-state index in [0.29, 0.717) is 11.6 Å². The van der Waals surface area contributed by atoms with Gasteiger partial charge in [-0.1, -0.05) is 0 Å². The Kier molecular flexibility index (Phi) is 3.45. The van der Waals surface area contributed by atoms with Gasteiger partial charge in [0.2, 0.25) is 5.95 Å². The lowest BCUT2D eigenvalue weighted by Crippen LogP contribution is -2.26. The average molecular weight is 284 g/mol. The number of hydrogen-bond acceptors (Lipinski definition) is 6. The van der Waals surface area contributed by atoms with E-state index in [9.17, 15) is 0 Å². The van der Waals surface area contributed by atoms with Gasteiger partial charge in [0, 0.05) is 24.0 Å². The zero-order chi connectivity index (χ0) is 15.0. The van der Waals surface area contributed by atoms with E-state index >= 15 is 0 Å². The van der Waals surface area contributed by atoms with Crippen molar-refractivity contribution in [2.24, 2.45) is 0 Å². The number of aromatic nitrogens is 4. The van der Waals surface area contributed by atoms with Crippen LogP contribution in [0, 0.1) is 20.8 Å². The molecule has 0 saturated carbocycles. The van der Waals surface area contributed by atoms with Crippen molar-refractivity contribution in [2.75, 3.05) is 17.2 Å². The Morgan fingerprint density at radius 3 is 2.43 bits per heavy atom. The summed E-state index contributed by atoms with van der Waals surface area (Å²) < 4.78 is 0. The van der Waals surface area contributed by atoms with E-state index in [4.69, 9.17) is 5.73 Å². The third-order valence-electron chi connectivity index (χ3n) is 3.70. The quantitative estimate of drug-likeness (QED) is 0.909. The summed E-state index contributed by atoms with van der Waals surface area (Å²) in [6, 6.07) is 4.02. The van der Waals surface area contributed by atoms with Crippen LogP contribution < -0.4 is 10.6 Å². The second-order valence-electron chi connectivity index (χ2n) is 5.57. The molecule has 1 atom stereocenters. The minimum absolute atomic E-state index is 0.176. The van der Waals surface area contributed by atoms with Gasteiger partial charge in [0.25, 0.3) is 0 Å². The summed E-state index contributed by atoms with van der Waals surface area (Å²) in [5.74, 6) is 2.01. The number of hydrogen-bond donors (Lipinski definition) is 1. The molecule has 1 aliphatic heterocycles. The Morgan fingerprint density at radius 1 is 1.05 bits per heavy atom. The van der Waals surface area contributed by atoms with E-state index in [0.717, 1.165) is 42.4 Å². The molecule has 2 N–H and O–H groups in total. The van der Waals surface area contributed by atoms with Crippen LogP contribution in [0.1, 0.15) is 41.8 Å². The molecule has 0 spiro atoms. The first-order valence-corrected chi connectivity index (χ1v) is 7.23. The van der Waals surface area contributed by atoms with Gasteiger partial charge in [-0.15, -0.1) is 0 Å². The first-order chi connectivity index (χ1) is 10.0. The first kappa shape index (κ1) is 13.7. The second-order valence-corrected chi connectivity index (χ2v) is 5.57. The fourth-order valence-electron chi connectivity index (χ4n) is 2.93. The molecule has 0 unspecified atom stereocenters. The largest absolute Gasteiger partial charge is 0.384 e. The topological polar surface area (TPSA) is 80.8 Å². The fourth-order valence-corrected chi connectivity index (χ4v) is 2.93. The third kappa shape index (κ3) is 2.79. The fraction of sp³-hybridized carbons (Fsp3) is 0.467. The molecule has 0 aromatic carbocycles. The Balaban J connectivity index is 1.98. The Bertz CT molecular complexity index is 571. The van der Waals surface area contributed by atoms with Crippen molar-refractivity contribution >= 4 is 11.8 Å². The predicted octanol–water partition coefficient (Wildman–Crippen LogP) is 2.12. The van der Waals surface area contributed by atoms with Crippen LogP contribution in [0.3, 0.4) is 0 Å². The highest BCUT2D eigenvalue weighted by molar-refractivity contribution is 5.40. The van der Waals surface area contributed by atoms with E-state index in [1.807, 2.05) is 32.9 Å². The van der Waals surface area contributed by atoms with Crippen LogP contribution >= 0.6 is 0 Å². The Hall–Kier alpha value is -2.24. The monoisotopic (exact) mass is 284 g/mol. The molecule has 2 aromatic heterocycles. The molecule has 21 heavy (non-hydrogen) atoms. The van der Waals surface area contributed by atoms with Crippen LogP contribution in [-0.2, 0) is 0 Å². The van der Waals surface area contributed by atoms with E-state index in [-0.39, 0.29) is 6.04 Å². The molecule has 0 radical (unpaired) electrons. The standard InChI is InChI=1S/C15H20N6/c1-9-7-10(2)18-15(17-9)21-6-4-5-13(21)12-8-14(16)20-11(3)19-12/h7-8,13H,4-6H2,1-3H3,(H2,16,19,20)/t13-/m1/s1. The molecule has 0 amide bonds. The van der Waals surface area contributed by atoms with Crippen molar-refractivity contribution in [3.05, 3.63) is 35.0 Å². The van der Waals surface area contributed by atoms with E-state index in [2.05, 4.69) is 24.8 Å². The van der Waals surface area contributed by atoms with E-state index in [1.54, 1.807) is 0 Å². The third-order valence-corrected chi connectivity index (χ3v) is 3.70. The zero-order valence-electron chi connectivity index (χ0n) is 12.7. The van der Waals surface area contributed by atoms with Gasteiger partial charge in [-0.2, -0.15) is 0 Å². The predicted molar refractivity (Wildman–Crippen MR) is 82.0 cm³/mol. The van der Waals surface area contributed by atoms with Gasteiger partial charge in [0.1, 0.15) is 11.6 Å². The van der Waals surface area contributed by atoms with Crippen molar-refractivity contribution < 1.29 is 0 Å². The molecule has 0 bridgehead atoms. The lowest BCUT2D eigenvalue weighted by Gasteiger charge is -2.25. The van der Waals surface area contributed by atoms with Crippen LogP contribution in [0.25, 0.3) is 0 Å². The number of nitrogens with two attached hydrogens (primary N) is 1. The summed E-state index contributed by atoms with van der Waals surface area (Å²) in [4.78, 5) is 20.1. The van der Waals surface area contributed by atoms with Crippen LogP contribution in [0.2, 0.25) is 0 Å². The maximum atomic E-state index is 5.86. The Labute approximate surface area is 124 Å². The van der Waals surface area contributed by atoms with Crippen molar-refractivity contribution in [1.82, 2.24) is 19.9 Å². The Morgan fingerprint density at radius 2 is 1.76 bits per heavy atom. The van der Waals surface area contributed by atoms with E-state index in [1.165, 1.54) is 0 Å². The minimum Gasteiger partial charge on any atom is -0.384 e. The summed E-state index contributed by atoms with van der Waals surface area (Å²) in [5, 5.41) is 0. The molecule has 6 nitrogen and oxygen atoms in total. The SMILES string of the molecule is Cc1cc(C)nc(N2CCC[C@@H]2c2cc(N)nc(C)n2)n1. The summed E-state index contributed by atoms with van der Waals surface area (Å²) >= 11 is 0.